The van der Waals surface area contributed by atoms with Gasteiger partial charge in [-0.05, 0) is 36.2 Å². The van der Waals surface area contributed by atoms with Gasteiger partial charge < -0.3 is 18.6 Å². The van der Waals surface area contributed by atoms with Gasteiger partial charge in [-0.25, -0.2) is 9.69 Å². The average Bonchev–Trinajstić information content (AvgIpc) is 3.22. The van der Waals surface area contributed by atoms with Gasteiger partial charge in [-0.2, -0.15) is 0 Å². The van der Waals surface area contributed by atoms with E-state index in [-0.39, 0.29) is 19.9 Å². The molecule has 0 N–H and O–H groups in total. The van der Waals surface area contributed by atoms with Crippen LogP contribution in [-0.2, 0) is 11.3 Å². The van der Waals surface area contributed by atoms with Crippen LogP contribution in [0.3, 0.4) is 0 Å². The van der Waals surface area contributed by atoms with Gasteiger partial charge in [0.25, 0.3) is 0 Å². The van der Waals surface area contributed by atoms with Crippen LogP contribution in [-0.4, -0.2) is 19.5 Å². The Morgan fingerprint density at radius 3 is 2.83 bits per heavy atom. The van der Waals surface area contributed by atoms with E-state index in [4.69, 9.17) is 18.6 Å². The van der Waals surface area contributed by atoms with Gasteiger partial charge in [0, 0.05) is 6.07 Å². The normalized spacial score (nSPS) is 12.0. The van der Waals surface area contributed by atoms with E-state index >= 15 is 0 Å². The molecule has 0 unspecified atom stereocenters. The Kier molecular flexibility index (Phi) is 4.23. The molecule has 1 amide bonds. The highest BCUT2D eigenvalue weighted by Gasteiger charge is 2.23. The summed E-state index contributed by atoms with van der Waals surface area (Å²) in [6.45, 7) is 6.31. The topological polar surface area (TPSA) is 61.1 Å². The van der Waals surface area contributed by atoms with Gasteiger partial charge in [0.05, 0.1) is 19.4 Å². The van der Waals surface area contributed by atoms with Crippen LogP contribution in [0, 0.1) is 0 Å². The third-order valence-electron chi connectivity index (χ3n) is 3.44. The summed E-state index contributed by atoms with van der Waals surface area (Å²) < 4.78 is 21.2. The zero-order valence-corrected chi connectivity index (χ0v) is 12.8. The summed E-state index contributed by atoms with van der Waals surface area (Å²) >= 11 is 0. The monoisotopic (exact) mass is 315 g/mol. The van der Waals surface area contributed by atoms with E-state index in [9.17, 15) is 4.79 Å². The molecule has 0 aliphatic carbocycles. The molecule has 2 heterocycles. The van der Waals surface area contributed by atoms with Crippen LogP contribution in [0.4, 0.5) is 10.7 Å². The Bertz CT molecular complexity index is 708. The number of nitrogens with zero attached hydrogens (tertiary/aromatic N) is 1. The summed E-state index contributed by atoms with van der Waals surface area (Å²) in [6, 6.07) is 7.11. The van der Waals surface area contributed by atoms with Crippen molar-refractivity contribution in [1.29, 1.82) is 0 Å². The molecule has 0 bridgehead atoms. The van der Waals surface area contributed by atoms with Crippen molar-refractivity contribution >= 4 is 18.1 Å². The number of hydrogen-bond acceptors (Lipinski definition) is 5. The predicted octanol–water partition coefficient (Wildman–Crippen LogP) is 3.81. The van der Waals surface area contributed by atoms with E-state index in [0.29, 0.717) is 17.4 Å². The largest absolute Gasteiger partial charge is 0.454 e. The van der Waals surface area contributed by atoms with Crippen molar-refractivity contribution in [2.24, 2.45) is 0 Å². The van der Waals surface area contributed by atoms with Gasteiger partial charge in [0.1, 0.15) is 0 Å². The molecule has 120 valence electrons. The summed E-state index contributed by atoms with van der Waals surface area (Å²) in [4.78, 5) is 13.7. The van der Waals surface area contributed by atoms with Crippen molar-refractivity contribution in [1.82, 2.24) is 0 Å². The molecule has 6 heteroatoms. The fourth-order valence-corrected chi connectivity index (χ4v) is 2.35. The second kappa shape index (κ2) is 6.48. The Hall–Kier alpha value is -2.89. The lowest BCUT2D eigenvalue weighted by Gasteiger charge is -2.20. The molecule has 3 rings (SSSR count). The highest BCUT2D eigenvalue weighted by molar-refractivity contribution is 5.86. The fraction of sp³-hybridized carbons (Fsp3) is 0.235. The van der Waals surface area contributed by atoms with Gasteiger partial charge in [-0.15, -0.1) is 0 Å². The molecule has 0 atom stereocenters. The van der Waals surface area contributed by atoms with E-state index in [2.05, 4.69) is 6.58 Å². The van der Waals surface area contributed by atoms with E-state index in [1.807, 2.05) is 12.1 Å². The maximum Gasteiger partial charge on any atom is 0.416 e. The lowest BCUT2D eigenvalue weighted by Crippen LogP contribution is -2.31. The molecule has 0 saturated carbocycles. The molecule has 1 aliphatic heterocycles. The van der Waals surface area contributed by atoms with Crippen LogP contribution in [0.2, 0.25) is 0 Å². The van der Waals surface area contributed by atoms with Crippen molar-refractivity contribution < 1.29 is 23.4 Å². The van der Waals surface area contributed by atoms with Crippen LogP contribution in [0.15, 0.2) is 41.5 Å². The summed E-state index contributed by atoms with van der Waals surface area (Å²) in [7, 11) is 0. The third-order valence-corrected chi connectivity index (χ3v) is 3.44. The zero-order chi connectivity index (χ0) is 16.2. The van der Waals surface area contributed by atoms with E-state index < -0.39 is 6.09 Å². The number of benzene rings is 1. The zero-order valence-electron chi connectivity index (χ0n) is 12.8. The summed E-state index contributed by atoms with van der Waals surface area (Å²) in [5.74, 6) is 1.73. The number of hydrogen-bond donors (Lipinski definition) is 0. The van der Waals surface area contributed by atoms with E-state index in [1.54, 1.807) is 25.1 Å². The van der Waals surface area contributed by atoms with Gasteiger partial charge in [-0.3, -0.25) is 0 Å². The Balaban J connectivity index is 1.93. The number of rotatable bonds is 5. The molecule has 0 saturated heterocycles. The summed E-state index contributed by atoms with van der Waals surface area (Å²) in [6.07, 6.45) is 2.74. The van der Waals surface area contributed by atoms with Crippen LogP contribution < -0.4 is 14.4 Å². The van der Waals surface area contributed by atoms with Crippen molar-refractivity contribution in [2.75, 3.05) is 18.3 Å². The quantitative estimate of drug-likeness (QED) is 0.839. The first kappa shape index (κ1) is 15.0. The smallest absolute Gasteiger partial charge is 0.416 e. The lowest BCUT2D eigenvalue weighted by atomic mass is 10.1. The molecule has 1 aliphatic rings. The van der Waals surface area contributed by atoms with Crippen molar-refractivity contribution in [3.05, 3.63) is 48.2 Å². The molecule has 0 spiro atoms. The van der Waals surface area contributed by atoms with Crippen molar-refractivity contribution in [2.45, 2.75) is 13.5 Å². The van der Waals surface area contributed by atoms with Crippen LogP contribution in [0.25, 0.3) is 6.08 Å². The molecule has 6 nitrogen and oxygen atoms in total. The first-order chi connectivity index (χ1) is 11.2. The highest BCUT2D eigenvalue weighted by Crippen LogP contribution is 2.36. The summed E-state index contributed by atoms with van der Waals surface area (Å²) in [5.41, 5.74) is 1.71. The lowest BCUT2D eigenvalue weighted by molar-refractivity contribution is 0.158. The van der Waals surface area contributed by atoms with Gasteiger partial charge >= 0.3 is 6.09 Å². The average molecular weight is 315 g/mol. The number of amides is 1. The molecule has 23 heavy (non-hydrogen) atoms. The minimum absolute atomic E-state index is 0.190. The number of fused-ring (bicyclic) bond motifs is 1. The SMILES string of the molecule is C=Cc1cc2c(cc1CN(C(=O)OCC)c1ccco1)OCO2. The van der Waals surface area contributed by atoms with Gasteiger partial charge in [-0.1, -0.05) is 12.7 Å². The Morgan fingerprint density at radius 2 is 2.17 bits per heavy atom. The van der Waals surface area contributed by atoms with E-state index in [0.717, 1.165) is 11.1 Å². The first-order valence-electron chi connectivity index (χ1n) is 7.25. The molecular weight excluding hydrogens is 298 g/mol. The molecule has 1 aromatic carbocycles. The van der Waals surface area contributed by atoms with Crippen LogP contribution >= 0.6 is 0 Å². The predicted molar refractivity (Wildman–Crippen MR) is 84.6 cm³/mol. The Morgan fingerprint density at radius 1 is 1.39 bits per heavy atom. The fourth-order valence-electron chi connectivity index (χ4n) is 2.35. The number of carbonyl (C=O) groups is 1. The molecule has 0 fully saturated rings. The van der Waals surface area contributed by atoms with Crippen LogP contribution in [0.5, 0.6) is 11.5 Å². The van der Waals surface area contributed by atoms with Crippen molar-refractivity contribution in [3.8, 4) is 11.5 Å². The summed E-state index contributed by atoms with van der Waals surface area (Å²) in [5, 5.41) is 0. The number of ether oxygens (including phenoxy) is 3. The third kappa shape index (κ3) is 3.01. The second-order valence-corrected chi connectivity index (χ2v) is 4.84. The first-order valence-corrected chi connectivity index (χ1v) is 7.25. The van der Waals surface area contributed by atoms with E-state index in [1.165, 1.54) is 11.2 Å². The van der Waals surface area contributed by atoms with Gasteiger partial charge in [0.2, 0.25) is 12.7 Å². The minimum Gasteiger partial charge on any atom is -0.454 e. The van der Waals surface area contributed by atoms with Gasteiger partial charge in [0.15, 0.2) is 11.5 Å². The maximum absolute atomic E-state index is 12.2. The number of anilines is 1. The number of carbonyl (C=O) groups excluding carboxylic acids is 1. The van der Waals surface area contributed by atoms with Crippen LogP contribution in [0.1, 0.15) is 18.1 Å². The van der Waals surface area contributed by atoms with Crippen molar-refractivity contribution in [3.63, 3.8) is 0 Å². The molecule has 1 aromatic heterocycles. The molecule has 0 radical (unpaired) electrons. The molecule has 2 aromatic rings. The highest BCUT2D eigenvalue weighted by atomic mass is 16.7. The molecular formula is C17H17NO5. The second-order valence-electron chi connectivity index (χ2n) is 4.84. The minimum atomic E-state index is -0.477. The standard InChI is InChI=1S/C17H17NO5/c1-3-12-8-14-15(23-11-22-14)9-13(12)10-18(17(19)20-4-2)16-6-5-7-21-16/h3,5-9H,1,4,10-11H2,2H3. The maximum atomic E-state index is 12.2. The number of furan rings is 1. The Labute approximate surface area is 133 Å².